The summed E-state index contributed by atoms with van der Waals surface area (Å²) in [5.74, 6) is -1.08. The first-order valence-electron chi connectivity index (χ1n) is 10.3. The minimum absolute atomic E-state index is 0.291. The van der Waals surface area contributed by atoms with Gasteiger partial charge in [0, 0.05) is 44.2 Å². The van der Waals surface area contributed by atoms with E-state index in [9.17, 15) is 14.3 Å². The summed E-state index contributed by atoms with van der Waals surface area (Å²) < 4.78 is 15.0. The molecular weight excluding hydrogens is 387 g/mol. The highest BCUT2D eigenvalue weighted by Gasteiger charge is 2.45. The fraction of sp³-hybridized carbons (Fsp3) is 0.500. The van der Waals surface area contributed by atoms with Gasteiger partial charge in [-0.1, -0.05) is 17.3 Å². The lowest BCUT2D eigenvalue weighted by Crippen LogP contribution is -2.49. The second-order valence-corrected chi connectivity index (χ2v) is 8.46. The third-order valence-corrected chi connectivity index (χ3v) is 6.37. The van der Waals surface area contributed by atoms with Gasteiger partial charge in [0.1, 0.15) is 11.9 Å². The first-order valence-corrected chi connectivity index (χ1v) is 10.3. The van der Waals surface area contributed by atoms with Gasteiger partial charge in [0.25, 0.3) is 0 Å². The van der Waals surface area contributed by atoms with Gasteiger partial charge in [-0.2, -0.15) is 5.10 Å². The number of rotatable bonds is 6. The Morgan fingerprint density at radius 1 is 1.37 bits per heavy atom. The lowest BCUT2D eigenvalue weighted by Gasteiger charge is -2.40. The van der Waals surface area contributed by atoms with Crippen LogP contribution in [0.5, 0.6) is 0 Å². The molecule has 2 atom stereocenters. The Morgan fingerprint density at radius 2 is 2.13 bits per heavy atom. The van der Waals surface area contributed by atoms with E-state index in [1.165, 1.54) is 12.1 Å². The molecule has 2 aliphatic heterocycles. The number of carboxylic acids is 1. The van der Waals surface area contributed by atoms with Crippen molar-refractivity contribution in [3.63, 3.8) is 0 Å². The molecule has 7 nitrogen and oxygen atoms in total. The lowest BCUT2D eigenvalue weighted by atomic mass is 9.74. The van der Waals surface area contributed by atoms with Crippen LogP contribution in [-0.2, 0) is 23.2 Å². The molecule has 2 aliphatic rings. The number of hydrogen-bond acceptors (Lipinski definition) is 5. The van der Waals surface area contributed by atoms with Gasteiger partial charge in [-0.15, -0.1) is 0 Å². The Morgan fingerprint density at radius 3 is 2.80 bits per heavy atom. The number of piperidine rings is 1. The first kappa shape index (κ1) is 20.5. The van der Waals surface area contributed by atoms with Crippen molar-refractivity contribution in [1.29, 1.82) is 0 Å². The van der Waals surface area contributed by atoms with E-state index in [1.807, 2.05) is 24.9 Å². The van der Waals surface area contributed by atoms with Crippen LogP contribution in [0.2, 0.25) is 0 Å². The van der Waals surface area contributed by atoms with E-state index in [2.05, 4.69) is 15.2 Å². The highest BCUT2D eigenvalue weighted by Crippen LogP contribution is 2.38. The van der Waals surface area contributed by atoms with Crippen LogP contribution < -0.4 is 0 Å². The second kappa shape index (κ2) is 8.18. The molecule has 1 aromatic heterocycles. The highest BCUT2D eigenvalue weighted by atomic mass is 19.1. The van der Waals surface area contributed by atoms with Crippen LogP contribution in [0.4, 0.5) is 4.39 Å². The zero-order chi connectivity index (χ0) is 21.3. The molecule has 1 aromatic carbocycles. The average molecular weight is 414 g/mol. The van der Waals surface area contributed by atoms with Crippen LogP contribution in [0.25, 0.3) is 0 Å². The molecule has 0 bridgehead atoms. The van der Waals surface area contributed by atoms with Crippen LogP contribution in [0.15, 0.2) is 35.6 Å². The molecule has 0 saturated carbocycles. The number of likely N-dealkylation sites (tertiary alicyclic amines) is 1. The van der Waals surface area contributed by atoms with E-state index >= 15 is 0 Å². The maximum absolute atomic E-state index is 13.2. The molecule has 160 valence electrons. The summed E-state index contributed by atoms with van der Waals surface area (Å²) >= 11 is 0. The first-order chi connectivity index (χ1) is 14.4. The summed E-state index contributed by atoms with van der Waals surface area (Å²) in [5.41, 5.74) is 2.89. The molecule has 0 radical (unpaired) electrons. The van der Waals surface area contributed by atoms with Crippen LogP contribution in [0.1, 0.15) is 42.5 Å². The van der Waals surface area contributed by atoms with Crippen molar-refractivity contribution in [2.45, 2.75) is 45.3 Å². The number of aryl methyl sites for hydroxylation is 1. The topological polar surface area (TPSA) is 79.9 Å². The van der Waals surface area contributed by atoms with Crippen molar-refractivity contribution in [2.24, 2.45) is 17.6 Å². The molecule has 8 heteroatoms. The smallest absolute Gasteiger partial charge is 0.311 e. The predicted molar refractivity (Wildman–Crippen MR) is 110 cm³/mol. The second-order valence-electron chi connectivity index (χ2n) is 8.46. The van der Waals surface area contributed by atoms with Gasteiger partial charge in [0.2, 0.25) is 0 Å². The molecule has 0 unspecified atom stereocenters. The summed E-state index contributed by atoms with van der Waals surface area (Å²) in [6.07, 6.45) is 3.94. The van der Waals surface area contributed by atoms with Crippen molar-refractivity contribution in [2.75, 3.05) is 13.1 Å². The quantitative estimate of drug-likeness (QED) is 0.786. The molecule has 30 heavy (non-hydrogen) atoms. The minimum atomic E-state index is -0.868. The van der Waals surface area contributed by atoms with E-state index < -0.39 is 11.4 Å². The normalized spacial score (nSPS) is 24.5. The van der Waals surface area contributed by atoms with Crippen molar-refractivity contribution < 1.29 is 19.1 Å². The number of nitrogens with zero attached hydrogens (tertiary/aromatic N) is 4. The van der Waals surface area contributed by atoms with E-state index in [1.54, 1.807) is 12.1 Å². The molecule has 1 N–H and O–H groups in total. The van der Waals surface area contributed by atoms with Gasteiger partial charge in [0.15, 0.2) is 0 Å². The third kappa shape index (κ3) is 4.09. The third-order valence-electron chi connectivity index (χ3n) is 6.37. The van der Waals surface area contributed by atoms with Crippen LogP contribution in [0, 0.1) is 18.2 Å². The summed E-state index contributed by atoms with van der Waals surface area (Å²) in [7, 11) is 1.91. The number of benzene rings is 1. The monoisotopic (exact) mass is 414 g/mol. The largest absolute Gasteiger partial charge is 0.481 e. The van der Waals surface area contributed by atoms with Crippen LogP contribution >= 0.6 is 0 Å². The van der Waals surface area contributed by atoms with Crippen molar-refractivity contribution >= 4 is 11.7 Å². The summed E-state index contributed by atoms with van der Waals surface area (Å²) in [6, 6.07) is 6.13. The zero-order valence-electron chi connectivity index (χ0n) is 17.3. The molecule has 1 fully saturated rings. The molecule has 0 amide bonds. The molecule has 0 spiro atoms. The van der Waals surface area contributed by atoms with Crippen LogP contribution in [-0.4, -0.2) is 50.7 Å². The predicted octanol–water partition coefficient (Wildman–Crippen LogP) is 3.12. The zero-order valence-corrected chi connectivity index (χ0v) is 17.3. The van der Waals surface area contributed by atoms with Gasteiger partial charge >= 0.3 is 5.97 Å². The standard InChI is InChI=1S/C22H27FN4O3/c1-15-17(12-24-26(15)2)13-27-9-3-8-22(14-27,21(28)29)11-19-10-20(25-30-19)16-4-6-18(23)7-5-16/h4-7,12,19H,3,8-11,13-14H2,1-2H3,(H,28,29)/t19-,22-/m1/s1. The van der Waals surface area contributed by atoms with Gasteiger partial charge in [0.05, 0.1) is 17.3 Å². The number of aliphatic carboxylic acids is 1. The van der Waals surface area contributed by atoms with Gasteiger partial charge in [-0.05, 0) is 44.0 Å². The number of carboxylic acid groups (broad SMARTS) is 1. The Balaban J connectivity index is 1.43. The molecule has 3 heterocycles. The van der Waals surface area contributed by atoms with Gasteiger partial charge in [-0.25, -0.2) is 4.39 Å². The SMILES string of the molecule is Cc1c(CN2CCC[C@](C[C@H]3CC(c4ccc(F)cc4)=NO3)(C(=O)O)C2)cnn1C. The van der Waals surface area contributed by atoms with Crippen molar-refractivity contribution in [3.05, 3.63) is 53.1 Å². The number of oxime groups is 1. The van der Waals surface area contributed by atoms with E-state index in [4.69, 9.17) is 4.84 Å². The number of hydrogen-bond donors (Lipinski definition) is 1. The lowest BCUT2D eigenvalue weighted by molar-refractivity contribution is -0.156. The molecule has 0 aliphatic carbocycles. The van der Waals surface area contributed by atoms with E-state index in [-0.39, 0.29) is 11.9 Å². The van der Waals surface area contributed by atoms with Crippen molar-refractivity contribution in [1.82, 2.24) is 14.7 Å². The maximum Gasteiger partial charge on any atom is 0.311 e. The van der Waals surface area contributed by atoms with E-state index in [0.29, 0.717) is 32.4 Å². The van der Waals surface area contributed by atoms with Crippen molar-refractivity contribution in [3.8, 4) is 0 Å². The Kier molecular flexibility index (Phi) is 5.60. The summed E-state index contributed by atoms with van der Waals surface area (Å²) in [6.45, 7) is 4.06. The summed E-state index contributed by atoms with van der Waals surface area (Å²) in [5, 5.41) is 18.6. The molecular formula is C22H27FN4O3. The maximum atomic E-state index is 13.2. The number of aromatic nitrogens is 2. The minimum Gasteiger partial charge on any atom is -0.481 e. The van der Waals surface area contributed by atoms with Gasteiger partial charge < -0.3 is 9.94 Å². The summed E-state index contributed by atoms with van der Waals surface area (Å²) in [4.78, 5) is 20.2. The number of carbonyl (C=O) groups is 1. The Hall–Kier alpha value is -2.74. The molecule has 4 rings (SSSR count). The fourth-order valence-electron chi connectivity index (χ4n) is 4.52. The van der Waals surface area contributed by atoms with Crippen LogP contribution in [0.3, 0.4) is 0 Å². The Labute approximate surface area is 175 Å². The number of halogens is 1. The van der Waals surface area contributed by atoms with Gasteiger partial charge in [-0.3, -0.25) is 14.4 Å². The highest BCUT2D eigenvalue weighted by molar-refractivity contribution is 6.01. The fourth-order valence-corrected chi connectivity index (χ4v) is 4.52. The average Bonchev–Trinajstić information content (AvgIpc) is 3.31. The Bertz CT molecular complexity index is 956. The molecule has 1 saturated heterocycles. The van der Waals surface area contributed by atoms with E-state index in [0.717, 1.165) is 35.5 Å². The molecule has 2 aromatic rings.